The summed E-state index contributed by atoms with van der Waals surface area (Å²) >= 11 is 0. The first-order valence-electron chi connectivity index (χ1n) is 7.70. The fourth-order valence-electron chi connectivity index (χ4n) is 2.60. The van der Waals surface area contributed by atoms with Crippen LogP contribution in [0.25, 0.3) is 0 Å². The van der Waals surface area contributed by atoms with Crippen molar-refractivity contribution < 1.29 is 21.3 Å². The molecule has 0 spiro atoms. The number of hydrogen-bond acceptors (Lipinski definition) is 6. The molecule has 3 rings (SSSR count). The summed E-state index contributed by atoms with van der Waals surface area (Å²) in [7, 11) is -7.63. The van der Waals surface area contributed by atoms with Crippen molar-refractivity contribution >= 4 is 20.0 Å². The summed E-state index contributed by atoms with van der Waals surface area (Å²) in [5.74, 6) is 1.45. The van der Waals surface area contributed by atoms with Gasteiger partial charge in [-0.05, 0) is 24.3 Å². The number of aromatic nitrogens is 1. The SMILES string of the molecule is CC(C)c1nc2c(o1)CCN(S(=O)(=O)c1ccc(S(N)(=O)=O)cc1)C2. The minimum absolute atomic E-state index is 0.0101. The molecule has 1 aliphatic rings. The van der Waals surface area contributed by atoms with Crippen LogP contribution in [0.15, 0.2) is 38.5 Å². The molecule has 8 nitrogen and oxygen atoms in total. The molecule has 2 heterocycles. The van der Waals surface area contributed by atoms with Crippen LogP contribution in [-0.4, -0.2) is 32.7 Å². The zero-order valence-electron chi connectivity index (χ0n) is 13.8. The Morgan fingerprint density at radius 2 is 1.72 bits per heavy atom. The maximum absolute atomic E-state index is 12.8. The van der Waals surface area contributed by atoms with E-state index < -0.39 is 20.0 Å². The molecule has 0 amide bonds. The quantitative estimate of drug-likeness (QED) is 0.843. The van der Waals surface area contributed by atoms with Gasteiger partial charge in [-0.3, -0.25) is 0 Å². The van der Waals surface area contributed by atoms with Crippen LogP contribution in [0.4, 0.5) is 0 Å². The number of nitrogens with two attached hydrogens (primary N) is 1. The number of fused-ring (bicyclic) bond motifs is 1. The lowest BCUT2D eigenvalue weighted by Crippen LogP contribution is -2.35. The Balaban J connectivity index is 1.88. The van der Waals surface area contributed by atoms with E-state index in [9.17, 15) is 16.8 Å². The first-order chi connectivity index (χ1) is 11.6. The van der Waals surface area contributed by atoms with Crippen LogP contribution >= 0.6 is 0 Å². The average molecular weight is 385 g/mol. The molecule has 10 heteroatoms. The second-order valence-electron chi connectivity index (χ2n) is 6.18. The number of hydrogen-bond donors (Lipinski definition) is 1. The maximum atomic E-state index is 12.8. The van der Waals surface area contributed by atoms with Gasteiger partial charge in [0.25, 0.3) is 0 Å². The highest BCUT2D eigenvalue weighted by molar-refractivity contribution is 7.89. The Hall–Kier alpha value is -1.75. The Kier molecular flexibility index (Phi) is 4.48. The number of sulfonamides is 2. The van der Waals surface area contributed by atoms with E-state index in [-0.39, 0.29) is 28.8 Å². The highest BCUT2D eigenvalue weighted by atomic mass is 32.2. The fourth-order valence-corrected chi connectivity index (χ4v) is 4.51. The monoisotopic (exact) mass is 385 g/mol. The third-order valence-electron chi connectivity index (χ3n) is 3.99. The molecule has 0 bridgehead atoms. The molecule has 136 valence electrons. The van der Waals surface area contributed by atoms with Crippen molar-refractivity contribution in [2.45, 2.75) is 42.5 Å². The van der Waals surface area contributed by atoms with Crippen molar-refractivity contribution in [1.82, 2.24) is 9.29 Å². The fraction of sp³-hybridized carbons (Fsp3) is 0.400. The molecular formula is C15H19N3O5S2. The third kappa shape index (κ3) is 3.47. The first-order valence-corrected chi connectivity index (χ1v) is 10.7. The Bertz CT molecular complexity index is 992. The Morgan fingerprint density at radius 1 is 1.12 bits per heavy atom. The van der Waals surface area contributed by atoms with Gasteiger partial charge in [0.15, 0.2) is 5.89 Å². The largest absolute Gasteiger partial charge is 0.445 e. The highest BCUT2D eigenvalue weighted by Crippen LogP contribution is 2.27. The minimum Gasteiger partial charge on any atom is -0.445 e. The minimum atomic E-state index is -3.87. The van der Waals surface area contributed by atoms with E-state index in [4.69, 9.17) is 9.56 Å². The average Bonchev–Trinajstić information content (AvgIpc) is 2.97. The summed E-state index contributed by atoms with van der Waals surface area (Å²) in [6.45, 7) is 4.32. The molecule has 0 aliphatic carbocycles. The van der Waals surface area contributed by atoms with Crippen LogP contribution in [0, 0.1) is 0 Å². The van der Waals surface area contributed by atoms with Gasteiger partial charge < -0.3 is 4.42 Å². The molecule has 1 aromatic carbocycles. The smallest absolute Gasteiger partial charge is 0.243 e. The van der Waals surface area contributed by atoms with Crippen molar-refractivity contribution in [3.63, 3.8) is 0 Å². The molecule has 0 fully saturated rings. The summed E-state index contributed by atoms with van der Waals surface area (Å²) < 4.78 is 55.1. The van der Waals surface area contributed by atoms with Crippen molar-refractivity contribution in [3.8, 4) is 0 Å². The summed E-state index contributed by atoms with van der Waals surface area (Å²) in [6, 6.07) is 4.86. The lowest BCUT2D eigenvalue weighted by molar-refractivity contribution is 0.354. The molecule has 0 unspecified atom stereocenters. The van der Waals surface area contributed by atoms with Crippen LogP contribution in [0.2, 0.25) is 0 Å². The van der Waals surface area contributed by atoms with Gasteiger partial charge in [0.2, 0.25) is 20.0 Å². The van der Waals surface area contributed by atoms with E-state index in [1.54, 1.807) is 0 Å². The number of benzene rings is 1. The van der Waals surface area contributed by atoms with Crippen molar-refractivity contribution in [2.24, 2.45) is 5.14 Å². The number of nitrogens with zero attached hydrogens (tertiary/aromatic N) is 2. The van der Waals surface area contributed by atoms with Gasteiger partial charge in [-0.25, -0.2) is 27.0 Å². The van der Waals surface area contributed by atoms with Crippen LogP contribution in [0.5, 0.6) is 0 Å². The molecule has 25 heavy (non-hydrogen) atoms. The summed E-state index contributed by atoms with van der Waals surface area (Å²) in [4.78, 5) is 4.26. The van der Waals surface area contributed by atoms with Gasteiger partial charge in [0, 0.05) is 18.9 Å². The van der Waals surface area contributed by atoms with Crippen molar-refractivity contribution in [1.29, 1.82) is 0 Å². The van der Waals surface area contributed by atoms with E-state index in [2.05, 4.69) is 4.98 Å². The molecule has 1 aliphatic heterocycles. The molecule has 0 saturated carbocycles. The van der Waals surface area contributed by atoms with Gasteiger partial charge >= 0.3 is 0 Å². The number of rotatable bonds is 4. The lowest BCUT2D eigenvalue weighted by atomic mass is 10.2. The summed E-state index contributed by atoms with van der Waals surface area (Å²) in [5, 5.41) is 5.03. The zero-order valence-corrected chi connectivity index (χ0v) is 15.5. The standard InChI is InChI=1S/C15H19N3O5S2/c1-10(2)15-17-13-9-18(8-7-14(13)23-15)25(21,22)12-5-3-11(4-6-12)24(16,19)20/h3-6,10H,7-9H2,1-2H3,(H2,16,19,20). The summed E-state index contributed by atoms with van der Waals surface area (Å²) in [5.41, 5.74) is 0.625. The van der Waals surface area contributed by atoms with E-state index in [1.807, 2.05) is 13.8 Å². The molecule has 0 radical (unpaired) electrons. The van der Waals surface area contributed by atoms with Crippen molar-refractivity contribution in [3.05, 3.63) is 41.6 Å². The van der Waals surface area contributed by atoms with Gasteiger partial charge in [0.05, 0.1) is 22.0 Å². The molecular weight excluding hydrogens is 366 g/mol. The highest BCUT2D eigenvalue weighted by Gasteiger charge is 2.31. The predicted molar refractivity (Wildman–Crippen MR) is 89.7 cm³/mol. The molecule has 0 atom stereocenters. The Morgan fingerprint density at radius 3 is 2.28 bits per heavy atom. The third-order valence-corrected chi connectivity index (χ3v) is 6.78. The Labute approximate surface area is 146 Å². The van der Waals surface area contributed by atoms with Crippen LogP contribution < -0.4 is 5.14 Å². The van der Waals surface area contributed by atoms with E-state index in [1.165, 1.54) is 28.6 Å². The normalized spacial score (nSPS) is 16.2. The van der Waals surface area contributed by atoms with Gasteiger partial charge in [-0.15, -0.1) is 0 Å². The zero-order chi connectivity index (χ0) is 18.4. The second kappa shape index (κ2) is 6.20. The number of primary sulfonamides is 1. The predicted octanol–water partition coefficient (Wildman–Crippen LogP) is 1.19. The van der Waals surface area contributed by atoms with E-state index in [0.717, 1.165) is 5.76 Å². The van der Waals surface area contributed by atoms with E-state index >= 15 is 0 Å². The van der Waals surface area contributed by atoms with Gasteiger partial charge in [-0.2, -0.15) is 4.31 Å². The van der Waals surface area contributed by atoms with Crippen LogP contribution in [0.3, 0.4) is 0 Å². The van der Waals surface area contributed by atoms with E-state index in [0.29, 0.717) is 18.0 Å². The van der Waals surface area contributed by atoms with Crippen LogP contribution in [0.1, 0.15) is 37.1 Å². The summed E-state index contributed by atoms with van der Waals surface area (Å²) in [6.07, 6.45) is 0.448. The van der Waals surface area contributed by atoms with Gasteiger partial charge in [-0.1, -0.05) is 13.8 Å². The maximum Gasteiger partial charge on any atom is 0.243 e. The first kappa shape index (κ1) is 18.1. The lowest BCUT2D eigenvalue weighted by Gasteiger charge is -2.24. The second-order valence-corrected chi connectivity index (χ2v) is 9.68. The molecule has 2 N–H and O–H groups in total. The molecule has 0 saturated heterocycles. The van der Waals surface area contributed by atoms with Crippen LogP contribution in [-0.2, 0) is 33.0 Å². The molecule has 1 aromatic heterocycles. The van der Waals surface area contributed by atoms with Gasteiger partial charge in [0.1, 0.15) is 5.76 Å². The molecule has 2 aromatic rings. The number of oxazole rings is 1. The topological polar surface area (TPSA) is 124 Å². The van der Waals surface area contributed by atoms with Crippen molar-refractivity contribution in [2.75, 3.05) is 6.54 Å².